The summed E-state index contributed by atoms with van der Waals surface area (Å²) in [6, 6.07) is 7.35. The van der Waals surface area contributed by atoms with Crippen molar-refractivity contribution < 1.29 is 9.84 Å². The third kappa shape index (κ3) is 3.02. The first-order chi connectivity index (χ1) is 8.58. The quantitative estimate of drug-likeness (QED) is 0.572. The number of ether oxygens (including phenoxy) is 1. The van der Waals surface area contributed by atoms with Crippen LogP contribution in [-0.2, 0) is 4.74 Å². The summed E-state index contributed by atoms with van der Waals surface area (Å²) in [5.41, 5.74) is 7.38. The Hall–Kier alpha value is -1.08. The van der Waals surface area contributed by atoms with Crippen LogP contribution < -0.4 is 11.6 Å². The summed E-state index contributed by atoms with van der Waals surface area (Å²) in [5, 5.41) is 11.0. The molecule has 0 radical (unpaired) electrons. The summed E-state index contributed by atoms with van der Waals surface area (Å²) in [7, 11) is 0. The molecule has 0 bridgehead atoms. The Balaban J connectivity index is 2.09. The van der Waals surface area contributed by atoms with Crippen molar-refractivity contribution in [3.63, 3.8) is 0 Å². The molecule has 1 saturated heterocycles. The summed E-state index contributed by atoms with van der Waals surface area (Å²) in [6.07, 6.45) is 1.44. The maximum Gasteiger partial charge on any atom is 0.176 e. The minimum atomic E-state index is -0.857. The Morgan fingerprint density at radius 2 is 2.11 bits per heavy atom. The van der Waals surface area contributed by atoms with Gasteiger partial charge in [0.1, 0.15) is 0 Å². The maximum atomic E-state index is 9.56. The summed E-state index contributed by atoms with van der Waals surface area (Å²) in [5.74, 6) is 5.87. The van der Waals surface area contributed by atoms with E-state index in [1.807, 2.05) is 24.3 Å². The van der Waals surface area contributed by atoms with Crippen molar-refractivity contribution in [2.24, 2.45) is 11.6 Å². The molecule has 5 nitrogen and oxygen atoms in total. The van der Waals surface area contributed by atoms with Crippen molar-refractivity contribution >= 4 is 21.6 Å². The Bertz CT molecular complexity index is 435. The van der Waals surface area contributed by atoms with Crippen molar-refractivity contribution in [1.82, 2.24) is 5.01 Å². The molecule has 0 aromatic heterocycles. The number of hydrogen-bond acceptors (Lipinski definition) is 5. The third-order valence-corrected chi connectivity index (χ3v) is 3.41. The van der Waals surface area contributed by atoms with Crippen LogP contribution in [0, 0.1) is 0 Å². The molecule has 0 aliphatic carbocycles. The van der Waals surface area contributed by atoms with E-state index in [4.69, 9.17) is 16.3 Å². The smallest absolute Gasteiger partial charge is 0.176 e. The monoisotopic (exact) mass is 313 g/mol. The van der Waals surface area contributed by atoms with Crippen molar-refractivity contribution in [3.05, 3.63) is 40.5 Å². The van der Waals surface area contributed by atoms with Gasteiger partial charge < -0.3 is 20.6 Å². The van der Waals surface area contributed by atoms with Gasteiger partial charge >= 0.3 is 0 Å². The Morgan fingerprint density at radius 1 is 1.44 bits per heavy atom. The highest BCUT2D eigenvalue weighted by Gasteiger charge is 2.29. The van der Waals surface area contributed by atoms with Crippen molar-refractivity contribution in [1.29, 1.82) is 0 Å². The van der Waals surface area contributed by atoms with E-state index in [9.17, 15) is 5.11 Å². The Kier molecular flexibility index (Phi) is 4.23. The first kappa shape index (κ1) is 13.4. The van der Waals surface area contributed by atoms with Gasteiger partial charge in [0.15, 0.2) is 6.29 Å². The first-order valence-corrected chi connectivity index (χ1v) is 6.43. The molecule has 1 aliphatic heterocycles. The molecule has 1 fully saturated rings. The van der Waals surface area contributed by atoms with E-state index in [0.717, 1.165) is 10.0 Å². The van der Waals surface area contributed by atoms with E-state index in [0.29, 0.717) is 18.7 Å². The molecule has 1 aliphatic rings. The number of aliphatic hydroxyl groups is 1. The Morgan fingerprint density at radius 3 is 2.67 bits per heavy atom. The fourth-order valence-corrected chi connectivity index (χ4v) is 2.10. The Labute approximate surface area is 114 Å². The van der Waals surface area contributed by atoms with Gasteiger partial charge in [0.05, 0.1) is 18.3 Å². The average Bonchev–Trinajstić information content (AvgIpc) is 2.76. The van der Waals surface area contributed by atoms with Crippen LogP contribution in [0.15, 0.2) is 34.9 Å². The zero-order chi connectivity index (χ0) is 13.1. The summed E-state index contributed by atoms with van der Waals surface area (Å²) < 4.78 is 6.04. The van der Waals surface area contributed by atoms with Crippen molar-refractivity contribution in [3.8, 4) is 0 Å². The van der Waals surface area contributed by atoms with Gasteiger partial charge in [0, 0.05) is 10.7 Å². The van der Waals surface area contributed by atoms with Crippen LogP contribution in [0.3, 0.4) is 0 Å². The highest BCUT2D eigenvalue weighted by molar-refractivity contribution is 9.10. The van der Waals surface area contributed by atoms with Crippen molar-refractivity contribution in [2.45, 2.75) is 18.8 Å². The van der Waals surface area contributed by atoms with Gasteiger partial charge in [-0.15, -0.1) is 0 Å². The van der Waals surface area contributed by atoms with Gasteiger partial charge in [-0.1, -0.05) is 28.1 Å². The summed E-state index contributed by atoms with van der Waals surface area (Å²) in [4.78, 5) is 0. The average molecular weight is 314 g/mol. The number of rotatable bonds is 3. The summed E-state index contributed by atoms with van der Waals surface area (Å²) in [6.45, 7) is 0.506. The van der Waals surface area contributed by atoms with E-state index in [1.54, 1.807) is 6.20 Å². The standard InChI is InChI=1S/C12H16BrN3O2/c13-9-3-1-8(2-4-9)10(14)7-16(15)11-5-6-18-12(11)17/h1-4,7,11-12,17H,5-6,14-15H2/b10-7-. The predicted molar refractivity (Wildman–Crippen MR) is 72.7 cm³/mol. The van der Waals surface area contributed by atoms with E-state index >= 15 is 0 Å². The lowest BCUT2D eigenvalue weighted by Gasteiger charge is -2.24. The molecule has 1 aromatic rings. The highest BCUT2D eigenvalue weighted by atomic mass is 79.9. The second kappa shape index (κ2) is 5.71. The highest BCUT2D eigenvalue weighted by Crippen LogP contribution is 2.18. The predicted octanol–water partition coefficient (Wildman–Crippen LogP) is 0.989. The fraction of sp³-hybridized carbons (Fsp3) is 0.333. The van der Waals surface area contributed by atoms with Gasteiger partial charge in [-0.05, 0) is 24.1 Å². The van der Waals surface area contributed by atoms with Crippen LogP contribution in [0.5, 0.6) is 0 Å². The zero-order valence-electron chi connectivity index (χ0n) is 9.79. The second-order valence-electron chi connectivity index (χ2n) is 4.16. The molecular formula is C12H16BrN3O2. The number of nitrogens with zero attached hydrogens (tertiary/aromatic N) is 1. The van der Waals surface area contributed by atoms with Crippen LogP contribution >= 0.6 is 15.9 Å². The molecule has 0 spiro atoms. The van der Waals surface area contributed by atoms with E-state index in [1.165, 1.54) is 5.01 Å². The third-order valence-electron chi connectivity index (χ3n) is 2.88. The van der Waals surface area contributed by atoms with Crippen LogP contribution in [0.1, 0.15) is 12.0 Å². The van der Waals surface area contributed by atoms with E-state index in [-0.39, 0.29) is 6.04 Å². The second-order valence-corrected chi connectivity index (χ2v) is 5.07. The zero-order valence-corrected chi connectivity index (χ0v) is 11.4. The van der Waals surface area contributed by atoms with Crippen LogP contribution in [0.4, 0.5) is 0 Å². The fourth-order valence-electron chi connectivity index (χ4n) is 1.83. The largest absolute Gasteiger partial charge is 0.397 e. The molecule has 18 heavy (non-hydrogen) atoms. The van der Waals surface area contributed by atoms with Crippen LogP contribution in [0.2, 0.25) is 0 Å². The first-order valence-electron chi connectivity index (χ1n) is 5.64. The topological polar surface area (TPSA) is 84.7 Å². The molecule has 98 valence electrons. The molecular weight excluding hydrogens is 298 g/mol. The number of nitrogens with two attached hydrogens (primary N) is 2. The number of hydrazine groups is 1. The molecule has 1 aromatic carbocycles. The molecule has 2 unspecified atom stereocenters. The number of aliphatic hydroxyl groups excluding tert-OH is 1. The number of hydrogen-bond donors (Lipinski definition) is 3. The minimum absolute atomic E-state index is 0.251. The lowest BCUT2D eigenvalue weighted by Crippen LogP contribution is -2.42. The molecule has 6 heteroatoms. The molecule has 2 rings (SSSR count). The van der Waals surface area contributed by atoms with Gasteiger partial charge in [-0.2, -0.15) is 0 Å². The molecule has 1 heterocycles. The van der Waals surface area contributed by atoms with Gasteiger partial charge in [0.2, 0.25) is 0 Å². The maximum absolute atomic E-state index is 9.56. The van der Waals surface area contributed by atoms with Gasteiger partial charge in [0.25, 0.3) is 0 Å². The SMILES string of the molecule is N/C(=C\N(N)C1CCOC1O)c1ccc(Br)cc1. The summed E-state index contributed by atoms with van der Waals surface area (Å²) >= 11 is 3.36. The lowest BCUT2D eigenvalue weighted by molar-refractivity contribution is -0.0871. The normalized spacial score (nSPS) is 24.3. The van der Waals surface area contributed by atoms with Crippen molar-refractivity contribution in [2.75, 3.05) is 6.61 Å². The molecule has 0 amide bonds. The van der Waals surface area contributed by atoms with Gasteiger partial charge in [-0.3, -0.25) is 0 Å². The minimum Gasteiger partial charge on any atom is -0.397 e. The lowest BCUT2D eigenvalue weighted by atomic mass is 10.1. The molecule has 0 saturated carbocycles. The van der Waals surface area contributed by atoms with Gasteiger partial charge in [-0.25, -0.2) is 5.84 Å². The molecule has 5 N–H and O–H groups in total. The number of benzene rings is 1. The van der Waals surface area contributed by atoms with E-state index < -0.39 is 6.29 Å². The van der Waals surface area contributed by atoms with Crippen LogP contribution in [0.25, 0.3) is 5.70 Å². The number of halogens is 1. The van der Waals surface area contributed by atoms with E-state index in [2.05, 4.69) is 15.9 Å². The molecule has 2 atom stereocenters. The van der Waals surface area contributed by atoms with Crippen LogP contribution in [-0.4, -0.2) is 29.1 Å².